The Morgan fingerprint density at radius 2 is 2.26 bits per heavy atom. The van der Waals surface area contributed by atoms with E-state index in [4.69, 9.17) is 15.1 Å². The minimum Gasteiger partial charge on any atom is -0.494 e. The zero-order valence-electron chi connectivity index (χ0n) is 10.6. The number of benzene rings is 1. The molecule has 0 aliphatic rings. The van der Waals surface area contributed by atoms with Crippen LogP contribution in [0, 0.1) is 11.3 Å². The number of hydrogen-bond donors (Lipinski definition) is 1. The normalized spacial score (nSPS) is 10.4. The molecule has 0 atom stereocenters. The van der Waals surface area contributed by atoms with Crippen molar-refractivity contribution in [1.82, 2.24) is 4.98 Å². The number of nitriles is 1. The van der Waals surface area contributed by atoms with E-state index >= 15 is 0 Å². The van der Waals surface area contributed by atoms with Gasteiger partial charge in [0, 0.05) is 11.1 Å². The Bertz CT molecular complexity index is 623. The van der Waals surface area contributed by atoms with E-state index in [-0.39, 0.29) is 6.61 Å². The Morgan fingerprint density at radius 1 is 1.42 bits per heavy atom. The van der Waals surface area contributed by atoms with Crippen molar-refractivity contribution in [2.24, 2.45) is 0 Å². The molecule has 1 aromatic carbocycles. The highest BCUT2D eigenvalue weighted by atomic mass is 32.2. The number of fused-ring (bicyclic) bond motifs is 1. The van der Waals surface area contributed by atoms with Crippen LogP contribution in [0.1, 0.15) is 12.5 Å². The summed E-state index contributed by atoms with van der Waals surface area (Å²) in [7, 11) is 0. The number of rotatable bonds is 5. The second-order valence-corrected chi connectivity index (χ2v) is 4.90. The van der Waals surface area contributed by atoms with Crippen LogP contribution in [-0.4, -0.2) is 29.1 Å². The molecule has 0 radical (unpaired) electrons. The lowest BCUT2D eigenvalue weighted by Crippen LogP contribution is -1.94. The summed E-state index contributed by atoms with van der Waals surface area (Å²) in [5, 5.41) is 19.6. The minimum absolute atomic E-state index is 0.0680. The van der Waals surface area contributed by atoms with Crippen molar-refractivity contribution in [3.8, 4) is 11.8 Å². The van der Waals surface area contributed by atoms with E-state index in [1.807, 2.05) is 31.2 Å². The largest absolute Gasteiger partial charge is 0.494 e. The Balaban J connectivity index is 2.45. The molecule has 0 bridgehead atoms. The number of aliphatic hydroxyl groups excluding tert-OH is 1. The smallest absolute Gasteiger partial charge is 0.120 e. The summed E-state index contributed by atoms with van der Waals surface area (Å²) >= 11 is 1.39. The van der Waals surface area contributed by atoms with E-state index in [0.717, 1.165) is 16.7 Å². The van der Waals surface area contributed by atoms with E-state index < -0.39 is 0 Å². The molecule has 0 aliphatic heterocycles. The predicted molar refractivity (Wildman–Crippen MR) is 75.4 cm³/mol. The molecule has 0 saturated heterocycles. The van der Waals surface area contributed by atoms with Crippen molar-refractivity contribution >= 4 is 22.7 Å². The summed E-state index contributed by atoms with van der Waals surface area (Å²) in [5.74, 6) is 1.31. The third-order valence-corrected chi connectivity index (χ3v) is 3.48. The lowest BCUT2D eigenvalue weighted by atomic mass is 10.1. The first-order chi connectivity index (χ1) is 9.28. The van der Waals surface area contributed by atoms with Crippen LogP contribution >= 0.6 is 11.8 Å². The van der Waals surface area contributed by atoms with Gasteiger partial charge in [-0.2, -0.15) is 5.26 Å². The van der Waals surface area contributed by atoms with Crippen LogP contribution in [0.25, 0.3) is 10.9 Å². The van der Waals surface area contributed by atoms with Crippen molar-refractivity contribution in [2.45, 2.75) is 11.9 Å². The highest BCUT2D eigenvalue weighted by Gasteiger charge is 2.08. The summed E-state index contributed by atoms with van der Waals surface area (Å²) in [6, 6.07) is 9.58. The Kier molecular flexibility index (Phi) is 4.61. The monoisotopic (exact) mass is 274 g/mol. The highest BCUT2D eigenvalue weighted by molar-refractivity contribution is 7.99. The molecule has 2 rings (SSSR count). The van der Waals surface area contributed by atoms with Gasteiger partial charge in [0.2, 0.25) is 0 Å². The van der Waals surface area contributed by atoms with Gasteiger partial charge in [0.05, 0.1) is 24.3 Å². The second-order valence-electron chi connectivity index (χ2n) is 3.81. The van der Waals surface area contributed by atoms with Gasteiger partial charge in [-0.15, -0.1) is 11.8 Å². The fourth-order valence-corrected chi connectivity index (χ4v) is 2.43. The van der Waals surface area contributed by atoms with Crippen molar-refractivity contribution in [3.05, 3.63) is 29.8 Å². The molecule has 0 aliphatic carbocycles. The number of aromatic nitrogens is 1. The first-order valence-corrected chi connectivity index (χ1v) is 6.98. The zero-order chi connectivity index (χ0) is 13.7. The van der Waals surface area contributed by atoms with Crippen molar-refractivity contribution in [1.29, 1.82) is 5.26 Å². The fourth-order valence-electron chi connectivity index (χ4n) is 1.73. The molecule has 0 amide bonds. The molecule has 5 heteroatoms. The van der Waals surface area contributed by atoms with Crippen LogP contribution in [0.2, 0.25) is 0 Å². The highest BCUT2D eigenvalue weighted by Crippen LogP contribution is 2.26. The summed E-state index contributed by atoms with van der Waals surface area (Å²) in [4.78, 5) is 4.46. The van der Waals surface area contributed by atoms with E-state index in [1.165, 1.54) is 11.8 Å². The number of nitrogens with zero attached hydrogens (tertiary/aromatic N) is 2. The maximum absolute atomic E-state index is 9.15. The van der Waals surface area contributed by atoms with Gasteiger partial charge in [0.25, 0.3) is 0 Å². The van der Waals surface area contributed by atoms with E-state index in [9.17, 15) is 0 Å². The molecule has 19 heavy (non-hydrogen) atoms. The zero-order valence-corrected chi connectivity index (χ0v) is 11.4. The molecule has 1 N–H and O–H groups in total. The van der Waals surface area contributed by atoms with Crippen LogP contribution < -0.4 is 4.74 Å². The fraction of sp³-hybridized carbons (Fsp3) is 0.286. The quantitative estimate of drug-likeness (QED) is 0.849. The summed E-state index contributed by atoms with van der Waals surface area (Å²) in [5.41, 5.74) is 1.35. The third-order valence-electron chi connectivity index (χ3n) is 2.51. The Labute approximate surface area is 116 Å². The van der Waals surface area contributed by atoms with E-state index in [1.54, 1.807) is 0 Å². The molecule has 0 spiro atoms. The molecular formula is C14H14N2O2S. The number of pyridine rings is 1. The Morgan fingerprint density at radius 3 is 2.95 bits per heavy atom. The first kappa shape index (κ1) is 13.7. The van der Waals surface area contributed by atoms with Gasteiger partial charge < -0.3 is 9.84 Å². The average molecular weight is 274 g/mol. The summed E-state index contributed by atoms with van der Waals surface area (Å²) in [6.07, 6.45) is 0. The minimum atomic E-state index is 0.0680. The van der Waals surface area contributed by atoms with Crippen LogP contribution in [0.3, 0.4) is 0 Å². The number of hydrogen-bond acceptors (Lipinski definition) is 5. The van der Waals surface area contributed by atoms with Crippen molar-refractivity contribution in [2.75, 3.05) is 19.0 Å². The standard InChI is InChI=1S/C14H14N2O2S/c1-2-18-12-3-4-13-10(8-12)7-11(9-15)14(16-13)19-6-5-17/h3-4,7-8,17H,2,5-6H2,1H3. The van der Waals surface area contributed by atoms with Gasteiger partial charge in [0.15, 0.2) is 0 Å². The second kappa shape index (κ2) is 6.41. The van der Waals surface area contributed by atoms with Crippen LogP contribution in [0.4, 0.5) is 0 Å². The first-order valence-electron chi connectivity index (χ1n) is 6.00. The van der Waals surface area contributed by atoms with Gasteiger partial charge >= 0.3 is 0 Å². The molecule has 98 valence electrons. The lowest BCUT2D eigenvalue weighted by molar-refractivity contribution is 0.322. The molecule has 0 fully saturated rings. The van der Waals surface area contributed by atoms with Crippen LogP contribution in [0.15, 0.2) is 29.3 Å². The maximum atomic E-state index is 9.15. The molecule has 1 aromatic heterocycles. The van der Waals surface area contributed by atoms with Gasteiger partial charge in [-0.1, -0.05) is 0 Å². The number of aliphatic hydroxyl groups is 1. The molecule has 4 nitrogen and oxygen atoms in total. The van der Waals surface area contributed by atoms with Gasteiger partial charge in [-0.3, -0.25) is 0 Å². The van der Waals surface area contributed by atoms with Crippen LogP contribution in [0.5, 0.6) is 5.75 Å². The SMILES string of the molecule is CCOc1ccc2nc(SCCO)c(C#N)cc2c1. The predicted octanol–water partition coefficient (Wildman–Crippen LogP) is 2.59. The van der Waals surface area contributed by atoms with E-state index in [0.29, 0.717) is 22.9 Å². The molecule has 0 saturated carbocycles. The van der Waals surface area contributed by atoms with E-state index in [2.05, 4.69) is 11.1 Å². The maximum Gasteiger partial charge on any atom is 0.120 e. The van der Waals surface area contributed by atoms with Gasteiger partial charge in [-0.25, -0.2) is 4.98 Å². The van der Waals surface area contributed by atoms with Gasteiger partial charge in [-0.05, 0) is 31.2 Å². The molecule has 0 unspecified atom stereocenters. The average Bonchev–Trinajstić information content (AvgIpc) is 2.44. The lowest BCUT2D eigenvalue weighted by Gasteiger charge is -2.07. The number of thioether (sulfide) groups is 1. The van der Waals surface area contributed by atoms with Crippen molar-refractivity contribution in [3.63, 3.8) is 0 Å². The summed E-state index contributed by atoms with van der Waals surface area (Å²) in [6.45, 7) is 2.60. The number of ether oxygens (including phenoxy) is 1. The van der Waals surface area contributed by atoms with Crippen LogP contribution in [-0.2, 0) is 0 Å². The molecular weight excluding hydrogens is 260 g/mol. The topological polar surface area (TPSA) is 66.1 Å². The molecule has 1 heterocycles. The summed E-state index contributed by atoms with van der Waals surface area (Å²) < 4.78 is 5.43. The Hall–Kier alpha value is -1.77. The molecule has 2 aromatic rings. The third kappa shape index (κ3) is 3.16. The van der Waals surface area contributed by atoms with Crippen molar-refractivity contribution < 1.29 is 9.84 Å². The van der Waals surface area contributed by atoms with Gasteiger partial charge in [0.1, 0.15) is 16.8 Å².